The van der Waals surface area contributed by atoms with Gasteiger partial charge in [-0.05, 0) is 47.2 Å². The van der Waals surface area contributed by atoms with Gasteiger partial charge in [-0.3, -0.25) is 0 Å². The second-order valence-electron chi connectivity index (χ2n) is 8.15. The van der Waals surface area contributed by atoms with Crippen LogP contribution in [-0.4, -0.2) is 55.9 Å². The summed E-state index contributed by atoms with van der Waals surface area (Å²) in [5.41, 5.74) is 1.37. The van der Waals surface area contributed by atoms with Crippen LogP contribution >= 0.6 is 24.8 Å². The molecule has 2 aromatic carbocycles. The topological polar surface area (TPSA) is 44.7 Å². The zero-order valence-corrected chi connectivity index (χ0v) is 18.8. The largest absolute Gasteiger partial charge is 0.497 e. The molecular formula is C23H34Cl2N2O2. The molecular weight excluding hydrogens is 407 g/mol. The normalized spacial score (nSPS) is 23.7. The first-order valence-electron chi connectivity index (χ1n) is 10.4. The van der Waals surface area contributed by atoms with Crippen LogP contribution in [0.5, 0.6) is 5.75 Å². The Morgan fingerprint density at radius 3 is 2.45 bits per heavy atom. The highest BCUT2D eigenvalue weighted by Crippen LogP contribution is 2.38. The maximum atomic E-state index is 10.8. The van der Waals surface area contributed by atoms with E-state index in [1.54, 1.807) is 7.11 Å². The van der Waals surface area contributed by atoms with Gasteiger partial charge in [0, 0.05) is 38.6 Å². The number of nitrogens with zero attached hydrogens (tertiary/aromatic N) is 1. The molecule has 0 radical (unpaired) electrons. The van der Waals surface area contributed by atoms with Gasteiger partial charge in [-0.1, -0.05) is 37.1 Å². The quantitative estimate of drug-likeness (QED) is 0.729. The van der Waals surface area contributed by atoms with E-state index in [0.29, 0.717) is 11.8 Å². The van der Waals surface area contributed by atoms with Crippen LogP contribution in [0.3, 0.4) is 0 Å². The summed E-state index contributed by atoms with van der Waals surface area (Å²) in [5.74, 6) is 1.66. The first-order chi connectivity index (χ1) is 13.2. The van der Waals surface area contributed by atoms with Gasteiger partial charge in [-0.25, -0.2) is 0 Å². The average molecular weight is 441 g/mol. The maximum absolute atomic E-state index is 10.8. The SMILES string of the molecule is COc1ccc2cc(C(CN3CCNCC3)C3CCCCC3O)ccc2c1.Cl.Cl. The van der Waals surface area contributed by atoms with Crippen LogP contribution in [0.4, 0.5) is 0 Å². The molecule has 1 aliphatic carbocycles. The van der Waals surface area contributed by atoms with E-state index in [-0.39, 0.29) is 30.9 Å². The number of aliphatic hydroxyl groups excluding tert-OH is 1. The Labute approximate surface area is 186 Å². The monoisotopic (exact) mass is 440 g/mol. The van der Waals surface area contributed by atoms with E-state index in [4.69, 9.17) is 4.74 Å². The molecule has 2 aromatic rings. The second kappa shape index (κ2) is 11.4. The molecule has 1 aliphatic heterocycles. The molecule has 1 saturated heterocycles. The van der Waals surface area contributed by atoms with Gasteiger partial charge in [-0.15, -0.1) is 24.8 Å². The Kier molecular flexibility index (Phi) is 9.51. The lowest BCUT2D eigenvalue weighted by molar-refractivity contribution is 0.0448. The molecule has 0 spiro atoms. The Bertz CT molecular complexity index is 768. The van der Waals surface area contributed by atoms with Crippen LogP contribution in [0.2, 0.25) is 0 Å². The van der Waals surface area contributed by atoms with Crippen molar-refractivity contribution in [1.82, 2.24) is 10.2 Å². The van der Waals surface area contributed by atoms with Crippen LogP contribution in [0.15, 0.2) is 36.4 Å². The van der Waals surface area contributed by atoms with Crippen molar-refractivity contribution >= 4 is 35.6 Å². The zero-order chi connectivity index (χ0) is 18.6. The Hall–Kier alpha value is -1.04. The predicted octanol–water partition coefficient (Wildman–Crippen LogP) is 4.23. The van der Waals surface area contributed by atoms with Crippen molar-refractivity contribution < 1.29 is 9.84 Å². The molecule has 2 N–H and O–H groups in total. The van der Waals surface area contributed by atoms with E-state index in [0.717, 1.165) is 57.7 Å². The summed E-state index contributed by atoms with van der Waals surface area (Å²) >= 11 is 0. The third kappa shape index (κ3) is 5.77. The molecule has 162 valence electrons. The third-order valence-electron chi connectivity index (χ3n) is 6.46. The lowest BCUT2D eigenvalue weighted by atomic mass is 9.74. The lowest BCUT2D eigenvalue weighted by Crippen LogP contribution is -2.46. The molecule has 3 unspecified atom stereocenters. The van der Waals surface area contributed by atoms with E-state index in [1.165, 1.54) is 22.8 Å². The number of benzene rings is 2. The minimum Gasteiger partial charge on any atom is -0.497 e. The number of aliphatic hydroxyl groups is 1. The molecule has 4 nitrogen and oxygen atoms in total. The number of methoxy groups -OCH3 is 1. The van der Waals surface area contributed by atoms with E-state index >= 15 is 0 Å². The minimum absolute atomic E-state index is 0. The smallest absolute Gasteiger partial charge is 0.119 e. The number of hydrogen-bond acceptors (Lipinski definition) is 4. The van der Waals surface area contributed by atoms with Crippen molar-refractivity contribution in [3.05, 3.63) is 42.0 Å². The Morgan fingerprint density at radius 2 is 1.72 bits per heavy atom. The molecule has 4 rings (SSSR count). The number of fused-ring (bicyclic) bond motifs is 1. The predicted molar refractivity (Wildman–Crippen MR) is 125 cm³/mol. The number of hydrogen-bond donors (Lipinski definition) is 2. The fraction of sp³-hybridized carbons (Fsp3) is 0.565. The molecule has 0 amide bonds. The van der Waals surface area contributed by atoms with Gasteiger partial charge in [-0.2, -0.15) is 0 Å². The minimum atomic E-state index is -0.168. The molecule has 2 aliphatic rings. The fourth-order valence-electron chi connectivity index (χ4n) is 4.87. The van der Waals surface area contributed by atoms with Gasteiger partial charge in [0.15, 0.2) is 0 Å². The molecule has 0 bridgehead atoms. The van der Waals surface area contributed by atoms with Crippen molar-refractivity contribution in [2.45, 2.75) is 37.7 Å². The van der Waals surface area contributed by atoms with Gasteiger partial charge in [0.1, 0.15) is 5.75 Å². The molecule has 0 aromatic heterocycles. The van der Waals surface area contributed by atoms with Crippen molar-refractivity contribution in [3.8, 4) is 5.75 Å². The van der Waals surface area contributed by atoms with E-state index < -0.39 is 0 Å². The third-order valence-corrected chi connectivity index (χ3v) is 6.46. The van der Waals surface area contributed by atoms with Gasteiger partial charge < -0.3 is 20.1 Å². The van der Waals surface area contributed by atoms with Crippen molar-refractivity contribution in [2.24, 2.45) is 5.92 Å². The van der Waals surface area contributed by atoms with Gasteiger partial charge >= 0.3 is 0 Å². The number of ether oxygens (including phenoxy) is 1. The standard InChI is InChI=1S/C23H32N2O2.2ClH/c1-27-20-9-8-17-14-19(7-6-18(17)15-20)22(16-25-12-10-24-11-13-25)21-4-2-3-5-23(21)26;;/h6-9,14-15,21-24,26H,2-5,10-13,16H2,1H3;2*1H. The summed E-state index contributed by atoms with van der Waals surface area (Å²) in [6.07, 6.45) is 4.32. The first-order valence-corrected chi connectivity index (χ1v) is 10.4. The molecule has 3 atom stereocenters. The Morgan fingerprint density at radius 1 is 1.03 bits per heavy atom. The molecule has 2 fully saturated rings. The molecule has 29 heavy (non-hydrogen) atoms. The molecule has 6 heteroatoms. The number of piperazine rings is 1. The summed E-state index contributed by atoms with van der Waals surface area (Å²) in [6.45, 7) is 5.38. The fourth-order valence-corrected chi connectivity index (χ4v) is 4.87. The zero-order valence-electron chi connectivity index (χ0n) is 17.2. The van der Waals surface area contributed by atoms with Crippen LogP contribution < -0.4 is 10.1 Å². The Balaban J connectivity index is 0.00000150. The summed E-state index contributed by atoms with van der Waals surface area (Å²) < 4.78 is 5.36. The van der Waals surface area contributed by atoms with Crippen molar-refractivity contribution in [3.63, 3.8) is 0 Å². The van der Waals surface area contributed by atoms with E-state index in [1.807, 2.05) is 6.07 Å². The van der Waals surface area contributed by atoms with Crippen LogP contribution in [0.25, 0.3) is 10.8 Å². The highest BCUT2D eigenvalue weighted by Gasteiger charge is 2.33. The van der Waals surface area contributed by atoms with Crippen molar-refractivity contribution in [1.29, 1.82) is 0 Å². The van der Waals surface area contributed by atoms with Crippen LogP contribution in [0.1, 0.15) is 37.2 Å². The second-order valence-corrected chi connectivity index (χ2v) is 8.15. The number of nitrogens with one attached hydrogen (secondary N) is 1. The van der Waals surface area contributed by atoms with Crippen LogP contribution in [0, 0.1) is 5.92 Å². The first kappa shape index (κ1) is 24.2. The lowest BCUT2D eigenvalue weighted by Gasteiger charge is -2.39. The average Bonchev–Trinajstić information content (AvgIpc) is 2.72. The highest BCUT2D eigenvalue weighted by molar-refractivity contribution is 5.86. The summed E-state index contributed by atoms with van der Waals surface area (Å²) in [5, 5.41) is 16.7. The maximum Gasteiger partial charge on any atom is 0.119 e. The molecule has 1 heterocycles. The molecule has 1 saturated carbocycles. The highest BCUT2D eigenvalue weighted by atomic mass is 35.5. The summed E-state index contributed by atoms with van der Waals surface area (Å²) in [4.78, 5) is 2.57. The summed E-state index contributed by atoms with van der Waals surface area (Å²) in [6, 6.07) is 13.1. The summed E-state index contributed by atoms with van der Waals surface area (Å²) in [7, 11) is 1.71. The number of rotatable bonds is 5. The van der Waals surface area contributed by atoms with E-state index in [9.17, 15) is 5.11 Å². The van der Waals surface area contributed by atoms with Gasteiger partial charge in [0.05, 0.1) is 13.2 Å². The van der Waals surface area contributed by atoms with Gasteiger partial charge in [0.2, 0.25) is 0 Å². The van der Waals surface area contributed by atoms with Gasteiger partial charge in [0.25, 0.3) is 0 Å². The van der Waals surface area contributed by atoms with Crippen LogP contribution in [-0.2, 0) is 0 Å². The van der Waals surface area contributed by atoms with E-state index in [2.05, 4.69) is 40.5 Å². The van der Waals surface area contributed by atoms with Crippen molar-refractivity contribution in [2.75, 3.05) is 39.8 Å². The number of halogens is 2.